The van der Waals surface area contributed by atoms with Crippen LogP contribution in [0.5, 0.6) is 0 Å². The van der Waals surface area contributed by atoms with Crippen LogP contribution in [-0.2, 0) is 0 Å². The van der Waals surface area contributed by atoms with Gasteiger partial charge >= 0.3 is 0 Å². The molecule has 0 aromatic heterocycles. The number of anilines is 2. The second-order valence-corrected chi connectivity index (χ2v) is 4.30. The molecule has 1 atom stereocenters. The van der Waals surface area contributed by atoms with Gasteiger partial charge in [0, 0.05) is 17.9 Å². The molecule has 1 unspecified atom stereocenters. The topological polar surface area (TPSA) is 58.3 Å². The fraction of sp³-hybridized carbons (Fsp3) is 0.538. The molecule has 96 valence electrons. The van der Waals surface area contributed by atoms with Crippen molar-refractivity contribution in [2.45, 2.75) is 32.8 Å². The molecule has 0 saturated heterocycles. The van der Waals surface area contributed by atoms with E-state index in [1.54, 1.807) is 6.07 Å². The molecule has 4 heteroatoms. The zero-order valence-corrected chi connectivity index (χ0v) is 10.4. The maximum atomic E-state index is 13.1. The largest absolute Gasteiger partial charge is 0.399 e. The molecule has 0 saturated carbocycles. The predicted molar refractivity (Wildman–Crippen MR) is 69.4 cm³/mol. The molecule has 0 aliphatic rings. The fourth-order valence-corrected chi connectivity index (χ4v) is 1.94. The minimum absolute atomic E-state index is 0.272. The van der Waals surface area contributed by atoms with E-state index < -0.39 is 6.10 Å². The first-order chi connectivity index (χ1) is 8.06. The molecule has 0 aliphatic carbocycles. The van der Waals surface area contributed by atoms with Crippen molar-refractivity contribution < 1.29 is 9.50 Å². The van der Waals surface area contributed by atoms with Crippen LogP contribution >= 0.6 is 0 Å². The summed E-state index contributed by atoms with van der Waals surface area (Å²) in [6.07, 6.45) is 1.45. The van der Waals surface area contributed by atoms with Crippen LogP contribution in [-0.4, -0.2) is 17.8 Å². The van der Waals surface area contributed by atoms with Crippen LogP contribution in [0.1, 0.15) is 26.7 Å². The number of aliphatic hydroxyl groups is 1. The Morgan fingerprint density at radius 1 is 1.29 bits per heavy atom. The van der Waals surface area contributed by atoms with Gasteiger partial charge < -0.3 is 16.2 Å². The number of rotatable bonds is 6. The molecule has 3 nitrogen and oxygen atoms in total. The zero-order valence-electron chi connectivity index (χ0n) is 10.4. The third kappa shape index (κ3) is 4.23. The van der Waals surface area contributed by atoms with Gasteiger partial charge in [0.2, 0.25) is 0 Å². The number of nitrogens with two attached hydrogens (primary N) is 1. The Balaban J connectivity index is 2.55. The van der Waals surface area contributed by atoms with Crippen LogP contribution in [0.4, 0.5) is 15.8 Å². The van der Waals surface area contributed by atoms with Gasteiger partial charge in [-0.1, -0.05) is 26.7 Å². The van der Waals surface area contributed by atoms with E-state index in [0.29, 0.717) is 17.9 Å². The van der Waals surface area contributed by atoms with Crippen LogP contribution < -0.4 is 11.1 Å². The van der Waals surface area contributed by atoms with E-state index >= 15 is 0 Å². The molecule has 1 aromatic carbocycles. The van der Waals surface area contributed by atoms with Crippen molar-refractivity contribution in [3.63, 3.8) is 0 Å². The quantitative estimate of drug-likeness (QED) is 0.670. The Morgan fingerprint density at radius 2 is 1.94 bits per heavy atom. The Kier molecular flexibility index (Phi) is 5.22. The molecule has 0 fully saturated rings. The number of halogens is 1. The number of aliphatic hydroxyl groups excluding tert-OH is 1. The molecule has 0 spiro atoms. The highest BCUT2D eigenvalue weighted by atomic mass is 19.1. The van der Waals surface area contributed by atoms with Crippen molar-refractivity contribution in [2.75, 3.05) is 17.6 Å². The lowest BCUT2D eigenvalue weighted by atomic mass is 9.96. The zero-order chi connectivity index (χ0) is 12.8. The van der Waals surface area contributed by atoms with E-state index in [1.165, 1.54) is 12.1 Å². The smallest absolute Gasteiger partial charge is 0.127 e. The van der Waals surface area contributed by atoms with Gasteiger partial charge in [-0.15, -0.1) is 0 Å². The van der Waals surface area contributed by atoms with E-state index in [0.717, 1.165) is 12.8 Å². The normalized spacial score (nSPS) is 12.8. The maximum Gasteiger partial charge on any atom is 0.127 e. The number of nitrogen functional groups attached to an aromatic ring is 1. The summed E-state index contributed by atoms with van der Waals surface area (Å²) in [5.41, 5.74) is 6.52. The lowest BCUT2D eigenvalue weighted by molar-refractivity contribution is 0.114. The number of hydrogen-bond donors (Lipinski definition) is 3. The van der Waals surface area contributed by atoms with Crippen molar-refractivity contribution in [3.05, 3.63) is 24.0 Å². The van der Waals surface area contributed by atoms with Gasteiger partial charge in [-0.05, 0) is 24.1 Å². The van der Waals surface area contributed by atoms with Crippen molar-refractivity contribution in [2.24, 2.45) is 5.92 Å². The molecule has 0 heterocycles. The third-order valence-corrected chi connectivity index (χ3v) is 3.03. The molecule has 0 radical (unpaired) electrons. The summed E-state index contributed by atoms with van der Waals surface area (Å²) >= 11 is 0. The van der Waals surface area contributed by atoms with Crippen LogP contribution in [0.25, 0.3) is 0 Å². The molecule has 4 N–H and O–H groups in total. The van der Waals surface area contributed by atoms with Crippen LogP contribution in [0, 0.1) is 11.7 Å². The summed E-state index contributed by atoms with van der Waals surface area (Å²) in [5.74, 6) is -0.0991. The summed E-state index contributed by atoms with van der Waals surface area (Å²) in [6.45, 7) is 4.52. The summed E-state index contributed by atoms with van der Waals surface area (Å²) in [7, 11) is 0. The molecule has 1 rings (SSSR count). The highest BCUT2D eigenvalue weighted by Gasteiger charge is 2.14. The second kappa shape index (κ2) is 6.45. The first-order valence-electron chi connectivity index (χ1n) is 6.04. The first kappa shape index (κ1) is 13.8. The summed E-state index contributed by atoms with van der Waals surface area (Å²) in [6, 6.07) is 4.29. The number of nitrogens with one attached hydrogen (secondary N) is 1. The standard InChI is InChI=1S/C13H21FN2O/c1-3-9(4-2)13(17)8-16-12-6-10(14)5-11(15)7-12/h5-7,9,13,16-17H,3-4,8,15H2,1-2H3. The van der Waals surface area contributed by atoms with E-state index in [-0.39, 0.29) is 11.7 Å². The molecule has 0 amide bonds. The summed E-state index contributed by atoms with van der Waals surface area (Å²) in [4.78, 5) is 0. The molecule has 0 bridgehead atoms. The lowest BCUT2D eigenvalue weighted by Gasteiger charge is -2.21. The van der Waals surface area contributed by atoms with Crippen LogP contribution in [0.3, 0.4) is 0 Å². The highest BCUT2D eigenvalue weighted by molar-refractivity contribution is 5.54. The van der Waals surface area contributed by atoms with E-state index in [1.807, 2.05) is 0 Å². The molecule has 1 aromatic rings. The maximum absolute atomic E-state index is 13.1. The van der Waals surface area contributed by atoms with Gasteiger partial charge in [-0.25, -0.2) is 4.39 Å². The van der Waals surface area contributed by atoms with Crippen molar-refractivity contribution in [1.29, 1.82) is 0 Å². The van der Waals surface area contributed by atoms with Gasteiger partial charge in [0.15, 0.2) is 0 Å². The average Bonchev–Trinajstić information content (AvgIpc) is 2.27. The Labute approximate surface area is 102 Å². The summed E-state index contributed by atoms with van der Waals surface area (Å²) < 4.78 is 13.1. The third-order valence-electron chi connectivity index (χ3n) is 3.03. The fourth-order valence-electron chi connectivity index (χ4n) is 1.94. The summed E-state index contributed by atoms with van der Waals surface area (Å²) in [5, 5.41) is 12.9. The van der Waals surface area contributed by atoms with Crippen molar-refractivity contribution in [1.82, 2.24) is 0 Å². The van der Waals surface area contributed by atoms with Crippen molar-refractivity contribution >= 4 is 11.4 Å². The van der Waals surface area contributed by atoms with Gasteiger partial charge in [-0.3, -0.25) is 0 Å². The Bertz CT molecular complexity index is 333. The predicted octanol–water partition coefficient (Wildman–Crippen LogP) is 2.62. The van der Waals surface area contributed by atoms with Gasteiger partial charge in [0.25, 0.3) is 0 Å². The SMILES string of the molecule is CCC(CC)C(O)CNc1cc(N)cc(F)c1. The first-order valence-corrected chi connectivity index (χ1v) is 6.04. The molecule has 0 aliphatic heterocycles. The second-order valence-electron chi connectivity index (χ2n) is 4.30. The molecular formula is C13H21FN2O. The van der Waals surface area contributed by atoms with E-state index in [9.17, 15) is 9.50 Å². The van der Waals surface area contributed by atoms with E-state index in [2.05, 4.69) is 19.2 Å². The minimum atomic E-state index is -0.422. The Morgan fingerprint density at radius 3 is 2.47 bits per heavy atom. The number of hydrogen-bond acceptors (Lipinski definition) is 3. The van der Waals surface area contributed by atoms with Crippen LogP contribution in [0.15, 0.2) is 18.2 Å². The van der Waals surface area contributed by atoms with Crippen LogP contribution in [0.2, 0.25) is 0 Å². The van der Waals surface area contributed by atoms with Gasteiger partial charge in [-0.2, -0.15) is 0 Å². The lowest BCUT2D eigenvalue weighted by Crippen LogP contribution is -2.27. The molecular weight excluding hydrogens is 219 g/mol. The number of benzene rings is 1. The van der Waals surface area contributed by atoms with Gasteiger partial charge in [0.05, 0.1) is 6.10 Å². The average molecular weight is 240 g/mol. The van der Waals surface area contributed by atoms with Gasteiger partial charge in [0.1, 0.15) is 5.82 Å². The van der Waals surface area contributed by atoms with Crippen molar-refractivity contribution in [3.8, 4) is 0 Å². The molecule has 17 heavy (non-hydrogen) atoms. The Hall–Kier alpha value is -1.29. The minimum Gasteiger partial charge on any atom is -0.399 e. The highest BCUT2D eigenvalue weighted by Crippen LogP contribution is 2.17. The monoisotopic (exact) mass is 240 g/mol. The van der Waals surface area contributed by atoms with E-state index in [4.69, 9.17) is 5.73 Å².